The minimum absolute atomic E-state index is 0.0461. The highest BCUT2D eigenvalue weighted by Crippen LogP contribution is 2.44. The number of rotatable bonds is 11. The molecule has 1 unspecified atom stereocenters. The molecule has 8 heteroatoms. The topological polar surface area (TPSA) is 94.5 Å². The lowest BCUT2D eigenvalue weighted by Crippen LogP contribution is -2.29. The summed E-state index contributed by atoms with van der Waals surface area (Å²) in [6.45, 7) is 7.07. The monoisotopic (exact) mass is 531 g/mol. The van der Waals surface area contributed by atoms with Crippen LogP contribution in [0, 0.1) is 0 Å². The Morgan fingerprint density at radius 3 is 2.23 bits per heavy atom. The maximum absolute atomic E-state index is 13.6. The van der Waals surface area contributed by atoms with Crippen molar-refractivity contribution in [1.29, 1.82) is 0 Å². The summed E-state index contributed by atoms with van der Waals surface area (Å²) in [4.78, 5) is 28.4. The van der Waals surface area contributed by atoms with Gasteiger partial charge in [-0.05, 0) is 62.2 Å². The summed E-state index contributed by atoms with van der Waals surface area (Å²) in [6, 6.07) is 18.1. The van der Waals surface area contributed by atoms with Gasteiger partial charge in [0.25, 0.3) is 11.7 Å². The van der Waals surface area contributed by atoms with Gasteiger partial charge in [0, 0.05) is 17.8 Å². The molecule has 1 aliphatic heterocycles. The third-order valence-corrected chi connectivity index (χ3v) is 6.26. The molecule has 4 rings (SSSR count). The number of nitrogens with zero attached hydrogens (tertiary/aromatic N) is 1. The van der Waals surface area contributed by atoms with Crippen molar-refractivity contribution in [1.82, 2.24) is 0 Å². The largest absolute Gasteiger partial charge is 0.507 e. The predicted octanol–water partition coefficient (Wildman–Crippen LogP) is 5.91. The molecule has 0 bridgehead atoms. The molecule has 0 aliphatic carbocycles. The Labute approximate surface area is 228 Å². The first-order chi connectivity index (χ1) is 18.9. The average Bonchev–Trinajstić information content (AvgIpc) is 3.22. The van der Waals surface area contributed by atoms with Crippen LogP contribution in [0.15, 0.2) is 72.3 Å². The van der Waals surface area contributed by atoms with Gasteiger partial charge in [-0.2, -0.15) is 0 Å². The van der Waals surface area contributed by atoms with Gasteiger partial charge in [-0.25, -0.2) is 0 Å². The van der Waals surface area contributed by atoms with Crippen LogP contribution in [0.3, 0.4) is 0 Å². The zero-order chi connectivity index (χ0) is 27.9. The standard InChI is InChI=1S/C31H33NO7/c1-5-17-39-22-13-11-20(12-14-22)28-27(29(33)25-16-15-24(37-6-2)19-26(25)38-7-3)30(34)31(35)32(28)21-9-8-10-23(18-21)36-4/h8-16,18-19,28,33H,5-7,17H2,1-4H3/b29-27-. The molecule has 3 aromatic rings. The first-order valence-corrected chi connectivity index (χ1v) is 13.0. The van der Waals surface area contributed by atoms with Gasteiger partial charge in [0.05, 0.1) is 44.1 Å². The SMILES string of the molecule is CCCOc1ccc(C2/C(=C(/O)c3ccc(OCC)cc3OCC)C(=O)C(=O)N2c2cccc(OC)c2)cc1. The molecule has 1 N–H and O–H groups in total. The highest BCUT2D eigenvalue weighted by Gasteiger charge is 2.47. The van der Waals surface area contributed by atoms with E-state index < -0.39 is 17.7 Å². The second-order valence-corrected chi connectivity index (χ2v) is 8.81. The molecule has 3 aromatic carbocycles. The summed E-state index contributed by atoms with van der Waals surface area (Å²) < 4.78 is 22.5. The maximum Gasteiger partial charge on any atom is 0.300 e. The molecule has 0 radical (unpaired) electrons. The fourth-order valence-electron chi connectivity index (χ4n) is 4.52. The smallest absolute Gasteiger partial charge is 0.300 e. The Morgan fingerprint density at radius 2 is 1.56 bits per heavy atom. The highest BCUT2D eigenvalue weighted by molar-refractivity contribution is 6.51. The summed E-state index contributed by atoms with van der Waals surface area (Å²) >= 11 is 0. The van der Waals surface area contributed by atoms with Crippen molar-refractivity contribution in [2.24, 2.45) is 0 Å². The van der Waals surface area contributed by atoms with E-state index in [0.29, 0.717) is 54.1 Å². The van der Waals surface area contributed by atoms with Crippen LogP contribution in [-0.4, -0.2) is 43.7 Å². The van der Waals surface area contributed by atoms with E-state index in [2.05, 4.69) is 0 Å². The number of Topliss-reactive ketones (excluding diaryl/α,β-unsaturated/α-hetero) is 1. The van der Waals surface area contributed by atoms with Crippen molar-refractivity contribution in [2.75, 3.05) is 31.8 Å². The van der Waals surface area contributed by atoms with E-state index in [4.69, 9.17) is 18.9 Å². The number of aliphatic hydroxyl groups excluding tert-OH is 1. The molecule has 1 heterocycles. The van der Waals surface area contributed by atoms with Gasteiger partial charge in [-0.1, -0.05) is 25.1 Å². The number of aliphatic hydroxyl groups is 1. The number of methoxy groups -OCH3 is 1. The molecule has 1 fully saturated rings. The molecule has 0 saturated carbocycles. The lowest BCUT2D eigenvalue weighted by Gasteiger charge is -2.26. The van der Waals surface area contributed by atoms with Crippen molar-refractivity contribution in [3.05, 3.63) is 83.4 Å². The third-order valence-electron chi connectivity index (χ3n) is 6.26. The summed E-state index contributed by atoms with van der Waals surface area (Å²) in [6.07, 6.45) is 0.863. The Kier molecular flexibility index (Phi) is 8.76. The molecule has 1 aliphatic rings. The van der Waals surface area contributed by atoms with Crippen molar-refractivity contribution < 1.29 is 33.6 Å². The summed E-state index contributed by atoms with van der Waals surface area (Å²) in [5.41, 5.74) is 1.34. The second-order valence-electron chi connectivity index (χ2n) is 8.81. The second kappa shape index (κ2) is 12.4. The normalized spacial score (nSPS) is 16.3. The molecular formula is C31H33NO7. The van der Waals surface area contributed by atoms with Crippen LogP contribution >= 0.6 is 0 Å². The van der Waals surface area contributed by atoms with Crippen molar-refractivity contribution in [3.8, 4) is 23.0 Å². The fourth-order valence-corrected chi connectivity index (χ4v) is 4.52. The molecule has 0 aromatic heterocycles. The first kappa shape index (κ1) is 27.6. The van der Waals surface area contributed by atoms with E-state index in [1.54, 1.807) is 66.7 Å². The number of ether oxygens (including phenoxy) is 4. The summed E-state index contributed by atoms with van der Waals surface area (Å²) in [7, 11) is 1.53. The number of carbonyl (C=O) groups excluding carboxylic acids is 2. The average molecular weight is 532 g/mol. The summed E-state index contributed by atoms with van der Waals surface area (Å²) in [5, 5.41) is 11.6. The number of hydrogen-bond acceptors (Lipinski definition) is 7. The Hall–Kier alpha value is -4.46. The van der Waals surface area contributed by atoms with Gasteiger partial charge >= 0.3 is 0 Å². The van der Waals surface area contributed by atoms with Crippen molar-refractivity contribution >= 4 is 23.1 Å². The van der Waals surface area contributed by atoms with Crippen LogP contribution in [0.25, 0.3) is 5.76 Å². The number of benzene rings is 3. The van der Waals surface area contributed by atoms with Gasteiger partial charge in [0.1, 0.15) is 28.8 Å². The van der Waals surface area contributed by atoms with Crippen LogP contribution in [0.5, 0.6) is 23.0 Å². The lowest BCUT2D eigenvalue weighted by molar-refractivity contribution is -0.132. The molecular weight excluding hydrogens is 498 g/mol. The number of carbonyl (C=O) groups is 2. The van der Waals surface area contributed by atoms with Crippen LogP contribution in [0.2, 0.25) is 0 Å². The number of ketones is 1. The van der Waals surface area contributed by atoms with E-state index in [0.717, 1.165) is 6.42 Å². The molecule has 8 nitrogen and oxygen atoms in total. The van der Waals surface area contributed by atoms with Crippen LogP contribution in [0.4, 0.5) is 5.69 Å². The Balaban J connectivity index is 1.90. The molecule has 0 spiro atoms. The van der Waals surface area contributed by atoms with Crippen molar-refractivity contribution in [2.45, 2.75) is 33.2 Å². The van der Waals surface area contributed by atoms with Crippen LogP contribution < -0.4 is 23.8 Å². The zero-order valence-electron chi connectivity index (χ0n) is 22.6. The van der Waals surface area contributed by atoms with Gasteiger partial charge in [0.2, 0.25) is 0 Å². The minimum atomic E-state index is -0.904. The molecule has 1 saturated heterocycles. The predicted molar refractivity (Wildman–Crippen MR) is 149 cm³/mol. The Morgan fingerprint density at radius 1 is 0.846 bits per heavy atom. The van der Waals surface area contributed by atoms with E-state index >= 15 is 0 Å². The van der Waals surface area contributed by atoms with Gasteiger partial charge < -0.3 is 24.1 Å². The minimum Gasteiger partial charge on any atom is -0.507 e. The first-order valence-electron chi connectivity index (χ1n) is 13.0. The highest BCUT2D eigenvalue weighted by atomic mass is 16.5. The van der Waals surface area contributed by atoms with E-state index in [1.807, 2.05) is 20.8 Å². The van der Waals surface area contributed by atoms with Gasteiger partial charge in [-0.15, -0.1) is 0 Å². The van der Waals surface area contributed by atoms with Gasteiger partial charge in [0.15, 0.2) is 0 Å². The quantitative estimate of drug-likeness (QED) is 0.187. The Bertz CT molecular complexity index is 1360. The number of anilines is 1. The van der Waals surface area contributed by atoms with E-state index in [-0.39, 0.29) is 16.9 Å². The third kappa shape index (κ3) is 5.70. The van der Waals surface area contributed by atoms with Crippen LogP contribution in [-0.2, 0) is 9.59 Å². The zero-order valence-corrected chi connectivity index (χ0v) is 22.6. The van der Waals surface area contributed by atoms with Crippen LogP contribution in [0.1, 0.15) is 44.4 Å². The maximum atomic E-state index is 13.6. The van der Waals surface area contributed by atoms with E-state index in [9.17, 15) is 14.7 Å². The molecule has 39 heavy (non-hydrogen) atoms. The van der Waals surface area contributed by atoms with Gasteiger partial charge in [-0.3, -0.25) is 14.5 Å². The number of amides is 1. The summed E-state index contributed by atoms with van der Waals surface area (Å²) in [5.74, 6) is 0.212. The van der Waals surface area contributed by atoms with E-state index in [1.165, 1.54) is 12.0 Å². The lowest BCUT2D eigenvalue weighted by atomic mass is 9.94. The number of hydrogen-bond donors (Lipinski definition) is 1. The fraction of sp³-hybridized carbons (Fsp3) is 0.290. The molecule has 1 atom stereocenters. The molecule has 1 amide bonds. The van der Waals surface area contributed by atoms with Crippen molar-refractivity contribution in [3.63, 3.8) is 0 Å². The molecule has 204 valence electrons.